The van der Waals surface area contributed by atoms with Gasteiger partial charge in [0.2, 0.25) is 0 Å². The van der Waals surface area contributed by atoms with E-state index in [4.69, 9.17) is 14.2 Å². The van der Waals surface area contributed by atoms with E-state index in [-0.39, 0.29) is 18.5 Å². The van der Waals surface area contributed by atoms with Crippen LogP contribution in [0.4, 0.5) is 0 Å². The normalized spacial score (nSPS) is 24.2. The summed E-state index contributed by atoms with van der Waals surface area (Å²) in [6, 6.07) is 21.0. The van der Waals surface area contributed by atoms with Crippen molar-refractivity contribution in [1.29, 1.82) is 0 Å². The molecule has 0 unspecified atom stereocenters. The van der Waals surface area contributed by atoms with Gasteiger partial charge in [0.1, 0.15) is 0 Å². The third-order valence-electron chi connectivity index (χ3n) is 4.77. The smallest absolute Gasteiger partial charge is 0.159 e. The zero-order valence-electron chi connectivity index (χ0n) is 14.4. The summed E-state index contributed by atoms with van der Waals surface area (Å²) < 4.78 is 17.5. The summed E-state index contributed by atoms with van der Waals surface area (Å²) in [6.07, 6.45) is 2.86. The van der Waals surface area contributed by atoms with Crippen molar-refractivity contribution in [2.75, 3.05) is 14.2 Å². The maximum Gasteiger partial charge on any atom is 0.159 e. The standard InChI is InChI=1S/C21H26O3/c1-22-21(23-2)18-14-19(13-16-9-5-3-6-10-16)24-20(15-18)17-11-7-4-8-12-17/h3-12,18-21H,13-15H2,1-2H3/t18-,19+,20+/m1/s1. The van der Waals surface area contributed by atoms with Crippen molar-refractivity contribution in [3.05, 3.63) is 71.8 Å². The highest BCUT2D eigenvalue weighted by Crippen LogP contribution is 2.38. The average Bonchev–Trinajstić information content (AvgIpc) is 2.64. The Labute approximate surface area is 144 Å². The summed E-state index contributed by atoms with van der Waals surface area (Å²) in [7, 11) is 3.43. The largest absolute Gasteiger partial charge is 0.370 e. The van der Waals surface area contributed by atoms with Crippen molar-refractivity contribution in [1.82, 2.24) is 0 Å². The van der Waals surface area contributed by atoms with Crippen molar-refractivity contribution in [3.63, 3.8) is 0 Å². The number of ether oxygens (including phenoxy) is 3. The highest BCUT2D eigenvalue weighted by Gasteiger charge is 2.35. The lowest BCUT2D eigenvalue weighted by molar-refractivity contribution is -0.180. The lowest BCUT2D eigenvalue weighted by atomic mass is 9.86. The van der Waals surface area contributed by atoms with E-state index in [0.29, 0.717) is 5.92 Å². The van der Waals surface area contributed by atoms with Gasteiger partial charge in [-0.15, -0.1) is 0 Å². The zero-order chi connectivity index (χ0) is 16.8. The molecule has 1 aliphatic heterocycles. The molecule has 1 fully saturated rings. The van der Waals surface area contributed by atoms with Crippen LogP contribution < -0.4 is 0 Å². The van der Waals surface area contributed by atoms with Gasteiger partial charge in [-0.05, 0) is 30.4 Å². The van der Waals surface area contributed by atoms with Crippen LogP contribution >= 0.6 is 0 Å². The molecule has 0 N–H and O–H groups in total. The van der Waals surface area contributed by atoms with E-state index in [1.54, 1.807) is 14.2 Å². The molecular weight excluding hydrogens is 300 g/mol. The SMILES string of the molecule is COC(OC)[C@@H]1C[C@H](Cc2ccccc2)O[C@H](c2ccccc2)C1. The van der Waals surface area contributed by atoms with Crippen molar-refractivity contribution >= 4 is 0 Å². The van der Waals surface area contributed by atoms with Crippen molar-refractivity contribution < 1.29 is 14.2 Å². The van der Waals surface area contributed by atoms with E-state index in [9.17, 15) is 0 Å². The van der Waals surface area contributed by atoms with Gasteiger partial charge in [0.15, 0.2) is 6.29 Å². The Kier molecular flexibility index (Phi) is 6.02. The van der Waals surface area contributed by atoms with E-state index in [0.717, 1.165) is 19.3 Å². The fourth-order valence-corrected chi connectivity index (χ4v) is 3.65. The minimum atomic E-state index is -0.182. The summed E-state index contributed by atoms with van der Waals surface area (Å²) in [5, 5.41) is 0. The van der Waals surface area contributed by atoms with Crippen molar-refractivity contribution in [3.8, 4) is 0 Å². The molecule has 24 heavy (non-hydrogen) atoms. The lowest BCUT2D eigenvalue weighted by Crippen LogP contribution is -2.37. The molecule has 0 aromatic heterocycles. The Morgan fingerprint density at radius 3 is 2.17 bits per heavy atom. The van der Waals surface area contributed by atoms with Gasteiger partial charge < -0.3 is 14.2 Å². The van der Waals surface area contributed by atoms with E-state index in [2.05, 4.69) is 48.5 Å². The number of hydrogen-bond acceptors (Lipinski definition) is 3. The molecule has 2 aromatic carbocycles. The van der Waals surface area contributed by atoms with Crippen LogP contribution in [0, 0.1) is 5.92 Å². The van der Waals surface area contributed by atoms with Crippen LogP contribution in [0.3, 0.4) is 0 Å². The molecule has 1 aliphatic rings. The van der Waals surface area contributed by atoms with Gasteiger partial charge in [-0.25, -0.2) is 0 Å². The topological polar surface area (TPSA) is 27.7 Å². The first-order valence-electron chi connectivity index (χ1n) is 8.60. The molecule has 3 atom stereocenters. The van der Waals surface area contributed by atoms with Crippen molar-refractivity contribution in [2.45, 2.75) is 37.8 Å². The van der Waals surface area contributed by atoms with Gasteiger partial charge in [-0.1, -0.05) is 60.7 Å². The molecule has 128 valence electrons. The third-order valence-corrected chi connectivity index (χ3v) is 4.77. The summed E-state index contributed by atoms with van der Waals surface area (Å²) in [5.74, 6) is 0.327. The Balaban J connectivity index is 1.78. The zero-order valence-corrected chi connectivity index (χ0v) is 14.4. The van der Waals surface area contributed by atoms with Crippen molar-refractivity contribution in [2.24, 2.45) is 5.92 Å². The molecule has 0 aliphatic carbocycles. The minimum absolute atomic E-state index is 0.0893. The van der Waals surface area contributed by atoms with Gasteiger partial charge >= 0.3 is 0 Å². The van der Waals surface area contributed by atoms with E-state index in [1.165, 1.54) is 11.1 Å². The molecule has 0 spiro atoms. The molecule has 0 amide bonds. The molecule has 3 nitrogen and oxygen atoms in total. The number of hydrogen-bond donors (Lipinski definition) is 0. The summed E-state index contributed by atoms with van der Waals surface area (Å²) in [4.78, 5) is 0. The summed E-state index contributed by atoms with van der Waals surface area (Å²) in [5.41, 5.74) is 2.53. The Bertz CT molecular complexity index is 595. The van der Waals surface area contributed by atoms with E-state index >= 15 is 0 Å². The highest BCUT2D eigenvalue weighted by atomic mass is 16.7. The second-order valence-electron chi connectivity index (χ2n) is 6.42. The first kappa shape index (κ1) is 17.2. The monoisotopic (exact) mass is 326 g/mol. The Hall–Kier alpha value is -1.68. The fourth-order valence-electron chi connectivity index (χ4n) is 3.65. The molecule has 3 rings (SSSR count). The number of methoxy groups -OCH3 is 2. The Morgan fingerprint density at radius 2 is 1.54 bits per heavy atom. The maximum atomic E-state index is 6.43. The molecule has 1 heterocycles. The van der Waals surface area contributed by atoms with Gasteiger partial charge in [-0.3, -0.25) is 0 Å². The van der Waals surface area contributed by atoms with Crippen LogP contribution in [0.25, 0.3) is 0 Å². The second-order valence-corrected chi connectivity index (χ2v) is 6.42. The van der Waals surface area contributed by atoms with E-state index in [1.807, 2.05) is 12.1 Å². The van der Waals surface area contributed by atoms with Crippen LogP contribution in [-0.4, -0.2) is 26.6 Å². The van der Waals surface area contributed by atoms with Gasteiger partial charge in [0.05, 0.1) is 12.2 Å². The molecular formula is C21H26O3. The van der Waals surface area contributed by atoms with Crippen LogP contribution in [0.5, 0.6) is 0 Å². The molecule has 3 heteroatoms. The molecule has 0 radical (unpaired) electrons. The number of rotatable bonds is 6. The molecule has 1 saturated heterocycles. The minimum Gasteiger partial charge on any atom is -0.370 e. The highest BCUT2D eigenvalue weighted by molar-refractivity contribution is 5.19. The lowest BCUT2D eigenvalue weighted by Gasteiger charge is -2.38. The second kappa shape index (κ2) is 8.43. The fraction of sp³-hybridized carbons (Fsp3) is 0.429. The van der Waals surface area contributed by atoms with E-state index < -0.39 is 0 Å². The van der Waals surface area contributed by atoms with Gasteiger partial charge in [0.25, 0.3) is 0 Å². The van der Waals surface area contributed by atoms with Crippen LogP contribution in [-0.2, 0) is 20.6 Å². The summed E-state index contributed by atoms with van der Waals surface area (Å²) in [6.45, 7) is 0. The number of benzene rings is 2. The predicted octanol–water partition coefficient (Wildman–Crippen LogP) is 4.38. The molecule has 2 aromatic rings. The van der Waals surface area contributed by atoms with Crippen LogP contribution in [0.2, 0.25) is 0 Å². The third kappa shape index (κ3) is 4.23. The maximum absolute atomic E-state index is 6.43. The van der Waals surface area contributed by atoms with Crippen LogP contribution in [0.15, 0.2) is 60.7 Å². The van der Waals surface area contributed by atoms with Gasteiger partial charge in [0, 0.05) is 20.1 Å². The predicted molar refractivity (Wildman–Crippen MR) is 94.7 cm³/mol. The first-order valence-corrected chi connectivity index (χ1v) is 8.60. The van der Waals surface area contributed by atoms with Crippen LogP contribution in [0.1, 0.15) is 30.1 Å². The average molecular weight is 326 g/mol. The quantitative estimate of drug-likeness (QED) is 0.737. The first-order chi connectivity index (χ1) is 11.8. The molecule has 0 saturated carbocycles. The summed E-state index contributed by atoms with van der Waals surface area (Å²) >= 11 is 0. The Morgan fingerprint density at radius 1 is 0.917 bits per heavy atom. The molecule has 0 bridgehead atoms. The van der Waals surface area contributed by atoms with Gasteiger partial charge in [-0.2, -0.15) is 0 Å².